The number of benzene rings is 2. The van der Waals surface area contributed by atoms with Crippen molar-refractivity contribution in [1.29, 1.82) is 0 Å². The van der Waals surface area contributed by atoms with Crippen molar-refractivity contribution in [2.24, 2.45) is 0 Å². The highest BCUT2D eigenvalue weighted by Crippen LogP contribution is 2.22. The van der Waals surface area contributed by atoms with E-state index in [1.165, 1.54) is 11.1 Å². The summed E-state index contributed by atoms with van der Waals surface area (Å²) in [5.74, 6) is 0.882. The van der Waals surface area contributed by atoms with Crippen molar-refractivity contribution in [2.75, 3.05) is 0 Å². The molecule has 0 saturated carbocycles. The molecule has 2 aromatic rings. The van der Waals surface area contributed by atoms with Gasteiger partial charge in [-0.2, -0.15) is 0 Å². The van der Waals surface area contributed by atoms with Crippen LogP contribution in [0.4, 0.5) is 0 Å². The Bertz CT molecular complexity index is 553. The minimum absolute atomic E-state index is 0.190. The summed E-state index contributed by atoms with van der Waals surface area (Å²) in [6.07, 6.45) is 0. The molecule has 0 N–H and O–H groups in total. The summed E-state index contributed by atoms with van der Waals surface area (Å²) in [5, 5.41) is 0. The van der Waals surface area contributed by atoms with Crippen LogP contribution in [0.3, 0.4) is 0 Å². The first-order chi connectivity index (χ1) is 9.99. The number of hydrogen-bond donors (Lipinski definition) is 0. The molecule has 0 amide bonds. The summed E-state index contributed by atoms with van der Waals surface area (Å²) in [6, 6.07) is 16.6. The van der Waals surface area contributed by atoms with E-state index in [4.69, 9.17) is 7.80 Å². The molecule has 2 rings (SSSR count). The van der Waals surface area contributed by atoms with E-state index in [9.17, 15) is 0 Å². The predicted octanol–water partition coefficient (Wildman–Crippen LogP) is 5.43. The molecule has 0 aliphatic carbocycles. The van der Waals surface area contributed by atoms with Gasteiger partial charge in [-0.05, 0) is 34.2 Å². The van der Waals surface area contributed by atoms with Gasteiger partial charge in [-0.15, -0.1) is 0 Å². The highest BCUT2D eigenvalue weighted by Gasteiger charge is 2.12. The number of ether oxygens (including phenoxy) is 1. The molecule has 0 aliphatic heterocycles. The molecule has 0 radical (unpaired) electrons. The second-order valence-corrected chi connectivity index (χ2v) is 6.76. The Morgan fingerprint density at radius 1 is 0.810 bits per heavy atom. The van der Waals surface area contributed by atoms with Crippen LogP contribution in [0.15, 0.2) is 48.5 Å². The molecule has 0 heterocycles. The van der Waals surface area contributed by atoms with E-state index in [2.05, 4.69) is 45.0 Å². The topological polar surface area (TPSA) is 18.5 Å². The van der Waals surface area contributed by atoms with Crippen LogP contribution in [0, 0.1) is 0 Å². The van der Waals surface area contributed by atoms with Gasteiger partial charge in [-0.1, -0.05) is 57.2 Å². The summed E-state index contributed by atoms with van der Waals surface area (Å²) < 4.78 is 10.9. The van der Waals surface area contributed by atoms with E-state index < -0.39 is 0 Å². The third-order valence-corrected chi connectivity index (χ3v) is 3.68. The molecule has 0 fully saturated rings. The zero-order chi connectivity index (χ0) is 15.3. The fourth-order valence-electron chi connectivity index (χ4n) is 2.01. The van der Waals surface area contributed by atoms with E-state index in [1.54, 1.807) is 0 Å². The quantitative estimate of drug-likeness (QED) is 0.628. The molecular formula is C18H21IO2. The van der Waals surface area contributed by atoms with Gasteiger partial charge in [-0.25, -0.2) is 0 Å². The molecule has 3 heteroatoms. The first-order valence-corrected chi connectivity index (χ1v) is 7.92. The van der Waals surface area contributed by atoms with Gasteiger partial charge in [-0.3, -0.25) is 0 Å². The summed E-state index contributed by atoms with van der Waals surface area (Å²) in [6.45, 7) is 7.88. The lowest BCUT2D eigenvalue weighted by Gasteiger charge is -2.19. The maximum atomic E-state index is 5.81. The maximum Gasteiger partial charge on any atom is 0.119 e. The van der Waals surface area contributed by atoms with Crippen molar-refractivity contribution >= 4 is 23.0 Å². The Hall–Kier alpha value is -1.07. The lowest BCUT2D eigenvalue weighted by atomic mass is 9.87. The van der Waals surface area contributed by atoms with Gasteiger partial charge in [0.2, 0.25) is 0 Å². The predicted molar refractivity (Wildman–Crippen MR) is 94.7 cm³/mol. The van der Waals surface area contributed by atoms with Crippen LogP contribution in [0.25, 0.3) is 0 Å². The molecule has 21 heavy (non-hydrogen) atoms. The first kappa shape index (κ1) is 16.3. The van der Waals surface area contributed by atoms with E-state index in [0.717, 1.165) is 11.3 Å². The molecule has 0 unspecified atom stereocenters. The molecule has 2 aromatic carbocycles. The van der Waals surface area contributed by atoms with Crippen molar-refractivity contribution < 1.29 is 7.80 Å². The Kier molecular flexibility index (Phi) is 5.65. The van der Waals surface area contributed by atoms with Crippen molar-refractivity contribution in [3.05, 3.63) is 65.2 Å². The third-order valence-electron chi connectivity index (χ3n) is 3.37. The summed E-state index contributed by atoms with van der Waals surface area (Å²) in [5.41, 5.74) is 3.86. The van der Waals surface area contributed by atoms with Crippen LogP contribution in [-0.2, 0) is 21.7 Å². The van der Waals surface area contributed by atoms with E-state index >= 15 is 0 Å². The van der Waals surface area contributed by atoms with Crippen LogP contribution in [-0.4, -0.2) is 0 Å². The highest BCUT2D eigenvalue weighted by molar-refractivity contribution is 14.1. The molecular weight excluding hydrogens is 375 g/mol. The van der Waals surface area contributed by atoms with E-state index in [-0.39, 0.29) is 5.41 Å². The minimum atomic E-state index is 0.190. The monoisotopic (exact) mass is 396 g/mol. The van der Waals surface area contributed by atoms with Gasteiger partial charge in [0.05, 0.1) is 6.61 Å². The Labute approximate surface area is 141 Å². The van der Waals surface area contributed by atoms with Crippen molar-refractivity contribution in [1.82, 2.24) is 0 Å². The van der Waals surface area contributed by atoms with Crippen LogP contribution in [0.1, 0.15) is 37.5 Å². The largest absolute Gasteiger partial charge is 0.489 e. The minimum Gasteiger partial charge on any atom is -0.489 e. The molecule has 2 nitrogen and oxygen atoms in total. The second-order valence-electron chi connectivity index (χ2n) is 6.13. The number of rotatable bonds is 5. The lowest BCUT2D eigenvalue weighted by Crippen LogP contribution is -2.10. The van der Waals surface area contributed by atoms with Crippen LogP contribution >= 0.6 is 23.0 Å². The highest BCUT2D eigenvalue weighted by atomic mass is 127. The number of hydrogen-bond acceptors (Lipinski definition) is 2. The summed E-state index contributed by atoms with van der Waals surface area (Å²) in [4.78, 5) is 0. The molecule has 0 atom stereocenters. The van der Waals surface area contributed by atoms with Crippen molar-refractivity contribution in [3.63, 3.8) is 0 Å². The summed E-state index contributed by atoms with van der Waals surface area (Å²) >= 11 is 1.90. The molecule has 0 spiro atoms. The SMILES string of the molecule is CC(C)(C)c1ccc(COc2ccc(COI)cc2)cc1. The molecule has 112 valence electrons. The smallest absolute Gasteiger partial charge is 0.119 e. The van der Waals surface area contributed by atoms with Crippen molar-refractivity contribution in [2.45, 2.75) is 39.4 Å². The van der Waals surface area contributed by atoms with Crippen LogP contribution in [0.2, 0.25) is 0 Å². The first-order valence-electron chi connectivity index (χ1n) is 7.04. The zero-order valence-corrected chi connectivity index (χ0v) is 14.9. The van der Waals surface area contributed by atoms with Gasteiger partial charge >= 0.3 is 0 Å². The average Bonchev–Trinajstić information content (AvgIpc) is 2.46. The van der Waals surface area contributed by atoms with Gasteiger partial charge in [0.1, 0.15) is 35.4 Å². The summed E-state index contributed by atoms with van der Waals surface area (Å²) in [7, 11) is 0. The molecule has 0 saturated heterocycles. The van der Waals surface area contributed by atoms with Gasteiger partial charge in [0.15, 0.2) is 0 Å². The standard InChI is InChI=1S/C18H21IO2/c1-18(2,3)16-8-4-14(5-9-16)12-20-17-10-6-15(7-11-17)13-21-19/h4-11H,12-13H2,1-3H3. The average molecular weight is 396 g/mol. The number of halogens is 1. The fraction of sp³-hybridized carbons (Fsp3) is 0.333. The van der Waals surface area contributed by atoms with Crippen LogP contribution < -0.4 is 4.74 Å². The normalized spacial score (nSPS) is 11.4. The Balaban J connectivity index is 1.93. The third kappa shape index (κ3) is 5.00. The van der Waals surface area contributed by atoms with Crippen molar-refractivity contribution in [3.8, 4) is 5.75 Å². The van der Waals surface area contributed by atoms with E-state index in [0.29, 0.717) is 13.2 Å². The molecule has 0 aliphatic rings. The molecule has 0 aromatic heterocycles. The zero-order valence-electron chi connectivity index (χ0n) is 12.7. The Morgan fingerprint density at radius 2 is 1.33 bits per heavy atom. The van der Waals surface area contributed by atoms with Gasteiger partial charge in [0.25, 0.3) is 0 Å². The Morgan fingerprint density at radius 3 is 1.86 bits per heavy atom. The maximum absolute atomic E-state index is 5.81. The lowest BCUT2D eigenvalue weighted by molar-refractivity contribution is 0.306. The van der Waals surface area contributed by atoms with Gasteiger partial charge in [0, 0.05) is 0 Å². The fourth-order valence-corrected chi connectivity index (χ4v) is 2.37. The second kappa shape index (κ2) is 7.27. The van der Waals surface area contributed by atoms with Gasteiger partial charge < -0.3 is 7.80 Å². The van der Waals surface area contributed by atoms with Crippen LogP contribution in [0.5, 0.6) is 5.75 Å². The van der Waals surface area contributed by atoms with E-state index in [1.807, 2.05) is 47.3 Å². The molecule has 0 bridgehead atoms.